The second-order valence-corrected chi connectivity index (χ2v) is 6.60. The lowest BCUT2D eigenvalue weighted by Gasteiger charge is -2.30. The molecule has 1 amide bonds. The van der Waals surface area contributed by atoms with Gasteiger partial charge in [0.15, 0.2) is 12.3 Å². The summed E-state index contributed by atoms with van der Waals surface area (Å²) < 4.78 is 23.8. The van der Waals surface area contributed by atoms with Crippen molar-refractivity contribution in [3.8, 4) is 5.75 Å². The van der Waals surface area contributed by atoms with E-state index >= 15 is 0 Å². The van der Waals surface area contributed by atoms with E-state index in [1.165, 1.54) is 30.9 Å². The quantitative estimate of drug-likeness (QED) is 0.784. The van der Waals surface area contributed by atoms with Gasteiger partial charge in [0.25, 0.3) is 5.91 Å². The average molecular weight is 367 g/mol. The number of benzene rings is 1. The van der Waals surface area contributed by atoms with Gasteiger partial charge < -0.3 is 14.1 Å². The number of nitrogens with zero attached hydrogens (tertiary/aromatic N) is 2. The van der Waals surface area contributed by atoms with Crippen molar-refractivity contribution in [2.45, 2.75) is 44.8 Å². The summed E-state index contributed by atoms with van der Waals surface area (Å²) >= 11 is 5.90. The molecule has 5 nitrogen and oxygen atoms in total. The van der Waals surface area contributed by atoms with Crippen LogP contribution in [-0.4, -0.2) is 28.9 Å². The number of amides is 1. The van der Waals surface area contributed by atoms with E-state index in [1.54, 1.807) is 4.90 Å². The Balaban J connectivity index is 1.60. The van der Waals surface area contributed by atoms with E-state index in [4.69, 9.17) is 20.8 Å². The van der Waals surface area contributed by atoms with Crippen LogP contribution in [0.5, 0.6) is 5.75 Å². The van der Waals surface area contributed by atoms with E-state index in [0.29, 0.717) is 5.75 Å². The number of hydrogen-bond donors (Lipinski definition) is 0. The Bertz CT molecular complexity index is 744. The van der Waals surface area contributed by atoms with Crippen LogP contribution in [0.1, 0.15) is 48.5 Å². The van der Waals surface area contributed by atoms with Gasteiger partial charge in [-0.15, -0.1) is 0 Å². The molecule has 7 heteroatoms. The zero-order chi connectivity index (χ0) is 17.8. The van der Waals surface area contributed by atoms with Gasteiger partial charge in [-0.2, -0.15) is 0 Å². The fourth-order valence-corrected chi connectivity index (χ4v) is 3.24. The number of aromatic nitrogens is 1. The Morgan fingerprint density at radius 3 is 2.88 bits per heavy atom. The molecule has 0 N–H and O–H groups in total. The van der Waals surface area contributed by atoms with Gasteiger partial charge in [0.1, 0.15) is 17.8 Å². The summed E-state index contributed by atoms with van der Waals surface area (Å²) in [5, 5.41) is 0.167. The molecule has 1 saturated carbocycles. The summed E-state index contributed by atoms with van der Waals surface area (Å²) in [5.74, 6) is 0.00285. The van der Waals surface area contributed by atoms with Crippen molar-refractivity contribution < 1.29 is 18.3 Å². The molecule has 1 fully saturated rings. The van der Waals surface area contributed by atoms with Crippen LogP contribution in [0.25, 0.3) is 0 Å². The first kappa shape index (κ1) is 17.7. The molecular weight excluding hydrogens is 347 g/mol. The number of oxazole rings is 1. The van der Waals surface area contributed by atoms with Crippen LogP contribution in [0.3, 0.4) is 0 Å². The monoisotopic (exact) mass is 366 g/mol. The van der Waals surface area contributed by atoms with Crippen LogP contribution in [0.4, 0.5) is 4.39 Å². The summed E-state index contributed by atoms with van der Waals surface area (Å²) in [7, 11) is 1.81. The number of hydrogen-bond acceptors (Lipinski definition) is 4. The normalized spacial score (nSPS) is 15.2. The van der Waals surface area contributed by atoms with Crippen LogP contribution >= 0.6 is 11.6 Å². The van der Waals surface area contributed by atoms with E-state index in [2.05, 4.69) is 4.98 Å². The molecule has 0 aliphatic heterocycles. The van der Waals surface area contributed by atoms with Crippen molar-refractivity contribution in [1.82, 2.24) is 9.88 Å². The molecule has 0 unspecified atom stereocenters. The standard InChI is InChI=1S/C18H20ClFN2O3/c1-22(13-5-3-2-4-6-13)18(23)15-10-25-17(21-15)11-24-16-8-7-12(20)9-14(16)19/h7-10,13H,2-6,11H2,1H3. The zero-order valence-corrected chi connectivity index (χ0v) is 14.8. The maximum Gasteiger partial charge on any atom is 0.275 e. The number of rotatable bonds is 5. The van der Waals surface area contributed by atoms with Crippen LogP contribution in [-0.2, 0) is 6.61 Å². The highest BCUT2D eigenvalue weighted by molar-refractivity contribution is 6.32. The minimum absolute atomic E-state index is 0.00573. The Labute approximate surface area is 150 Å². The third kappa shape index (κ3) is 4.31. The Hall–Kier alpha value is -2.08. The summed E-state index contributed by atoms with van der Waals surface area (Å²) in [6.45, 7) is 0.00573. The summed E-state index contributed by atoms with van der Waals surface area (Å²) in [6, 6.07) is 4.12. The Morgan fingerprint density at radius 1 is 1.40 bits per heavy atom. The Morgan fingerprint density at radius 2 is 2.16 bits per heavy atom. The molecule has 1 aliphatic rings. The molecule has 0 bridgehead atoms. The van der Waals surface area contributed by atoms with E-state index in [0.717, 1.165) is 25.7 Å². The maximum absolute atomic E-state index is 13.0. The van der Waals surface area contributed by atoms with Gasteiger partial charge in [-0.05, 0) is 31.0 Å². The van der Waals surface area contributed by atoms with Crippen molar-refractivity contribution in [3.63, 3.8) is 0 Å². The van der Waals surface area contributed by atoms with Crippen LogP contribution in [0, 0.1) is 5.82 Å². The highest BCUT2D eigenvalue weighted by atomic mass is 35.5. The molecule has 0 atom stereocenters. The van der Waals surface area contributed by atoms with Gasteiger partial charge >= 0.3 is 0 Å². The van der Waals surface area contributed by atoms with Crippen LogP contribution < -0.4 is 4.74 Å². The van der Waals surface area contributed by atoms with Crippen molar-refractivity contribution in [2.24, 2.45) is 0 Å². The predicted molar refractivity (Wildman–Crippen MR) is 91.2 cm³/mol. The molecule has 134 valence electrons. The predicted octanol–water partition coefficient (Wildman–Crippen LogP) is 4.45. The minimum Gasteiger partial charge on any atom is -0.482 e. The fourth-order valence-electron chi connectivity index (χ4n) is 3.02. The van der Waals surface area contributed by atoms with E-state index in [9.17, 15) is 9.18 Å². The van der Waals surface area contributed by atoms with Crippen molar-refractivity contribution >= 4 is 17.5 Å². The molecule has 0 saturated heterocycles. The second-order valence-electron chi connectivity index (χ2n) is 6.20. The molecule has 3 rings (SSSR count). The van der Waals surface area contributed by atoms with E-state index in [-0.39, 0.29) is 35.2 Å². The Kier molecular flexibility index (Phi) is 5.58. The van der Waals surface area contributed by atoms with E-state index < -0.39 is 5.82 Å². The zero-order valence-electron chi connectivity index (χ0n) is 14.0. The molecule has 25 heavy (non-hydrogen) atoms. The summed E-state index contributed by atoms with van der Waals surface area (Å²) in [6.07, 6.45) is 6.93. The summed E-state index contributed by atoms with van der Waals surface area (Å²) in [5.41, 5.74) is 0.261. The second kappa shape index (κ2) is 7.87. The smallest absolute Gasteiger partial charge is 0.275 e. The fraction of sp³-hybridized carbons (Fsp3) is 0.444. The molecular formula is C18H20ClFN2O3. The SMILES string of the molecule is CN(C(=O)c1coc(COc2ccc(F)cc2Cl)n1)C1CCCCC1. The molecule has 1 aliphatic carbocycles. The van der Waals surface area contributed by atoms with Gasteiger partial charge in [-0.1, -0.05) is 30.9 Å². The third-order valence-electron chi connectivity index (χ3n) is 4.46. The van der Waals surface area contributed by atoms with Gasteiger partial charge in [0.2, 0.25) is 5.89 Å². The largest absolute Gasteiger partial charge is 0.482 e. The first-order chi connectivity index (χ1) is 12.0. The lowest BCUT2D eigenvalue weighted by Crippen LogP contribution is -2.38. The number of ether oxygens (including phenoxy) is 1. The van der Waals surface area contributed by atoms with Gasteiger partial charge in [0.05, 0.1) is 5.02 Å². The number of halogens is 2. The molecule has 0 radical (unpaired) electrons. The lowest BCUT2D eigenvalue weighted by atomic mass is 9.94. The lowest BCUT2D eigenvalue weighted by molar-refractivity contribution is 0.0690. The van der Waals surface area contributed by atoms with Crippen molar-refractivity contribution in [3.05, 3.63) is 46.9 Å². The van der Waals surface area contributed by atoms with Gasteiger partial charge in [0, 0.05) is 13.1 Å². The number of carbonyl (C=O) groups is 1. The maximum atomic E-state index is 13.0. The molecule has 0 spiro atoms. The topological polar surface area (TPSA) is 55.6 Å². The van der Waals surface area contributed by atoms with Crippen molar-refractivity contribution in [2.75, 3.05) is 7.05 Å². The third-order valence-corrected chi connectivity index (χ3v) is 4.75. The molecule has 1 aromatic carbocycles. The van der Waals surface area contributed by atoms with Gasteiger partial charge in [-0.25, -0.2) is 9.37 Å². The van der Waals surface area contributed by atoms with E-state index in [1.807, 2.05) is 7.05 Å². The highest BCUT2D eigenvalue weighted by Gasteiger charge is 2.25. The first-order valence-electron chi connectivity index (χ1n) is 8.34. The minimum atomic E-state index is -0.438. The molecule has 1 heterocycles. The van der Waals surface area contributed by atoms with Crippen LogP contribution in [0.15, 0.2) is 28.9 Å². The first-order valence-corrected chi connectivity index (χ1v) is 8.72. The molecule has 1 aromatic heterocycles. The van der Waals surface area contributed by atoms with Crippen molar-refractivity contribution in [1.29, 1.82) is 0 Å². The molecule has 2 aromatic rings. The van der Waals surface area contributed by atoms with Crippen LogP contribution in [0.2, 0.25) is 5.02 Å². The average Bonchev–Trinajstić information content (AvgIpc) is 3.09. The van der Waals surface area contributed by atoms with Gasteiger partial charge in [-0.3, -0.25) is 4.79 Å². The highest BCUT2D eigenvalue weighted by Crippen LogP contribution is 2.26. The number of carbonyl (C=O) groups excluding carboxylic acids is 1. The summed E-state index contributed by atoms with van der Waals surface area (Å²) in [4.78, 5) is 18.5.